The van der Waals surface area contributed by atoms with E-state index in [1.165, 1.54) is 45.5 Å². The fourth-order valence-electron chi connectivity index (χ4n) is 4.16. The van der Waals surface area contributed by atoms with Gasteiger partial charge in [0.05, 0.1) is 32.2 Å². The van der Waals surface area contributed by atoms with Crippen molar-refractivity contribution in [2.75, 3.05) is 26.6 Å². The number of hydrogen-bond donors (Lipinski definition) is 1. The van der Waals surface area contributed by atoms with E-state index in [1.54, 1.807) is 11.5 Å². The average Bonchev–Trinajstić information content (AvgIpc) is 3.47. The van der Waals surface area contributed by atoms with Gasteiger partial charge in [-0.3, -0.25) is 4.79 Å². The third kappa shape index (κ3) is 6.61. The fraction of sp³-hybridized carbons (Fsp3) is 0.480. The van der Waals surface area contributed by atoms with E-state index in [9.17, 15) is 26.4 Å². The zero-order valence-electron chi connectivity index (χ0n) is 22.5. The number of alkyl halides is 3. The Morgan fingerprint density at radius 2 is 1.90 bits per heavy atom. The second-order valence-corrected chi connectivity index (χ2v) is 13.0. The second-order valence-electron chi connectivity index (χ2n) is 9.42. The molecular formula is C25H31F3N4O5S2. The number of thiazole rings is 1. The van der Waals surface area contributed by atoms with E-state index in [2.05, 4.69) is 15.3 Å². The van der Waals surface area contributed by atoms with Crippen LogP contribution in [0.2, 0.25) is 0 Å². The summed E-state index contributed by atoms with van der Waals surface area (Å²) >= 11 is 0.960. The Morgan fingerprint density at radius 3 is 2.49 bits per heavy atom. The van der Waals surface area contributed by atoms with Gasteiger partial charge in [0, 0.05) is 24.8 Å². The molecule has 3 rings (SSSR count). The highest BCUT2D eigenvalue weighted by atomic mass is 32.2. The average molecular weight is 589 g/mol. The zero-order chi connectivity index (χ0) is 29.2. The van der Waals surface area contributed by atoms with Crippen molar-refractivity contribution >= 4 is 27.1 Å². The largest absolute Gasteiger partial charge is 0.496 e. The summed E-state index contributed by atoms with van der Waals surface area (Å²) in [4.78, 5) is 21.8. The van der Waals surface area contributed by atoms with Crippen molar-refractivity contribution in [1.82, 2.24) is 19.9 Å². The smallest absolute Gasteiger partial charge is 0.420 e. The second kappa shape index (κ2) is 11.6. The molecule has 1 N–H and O–H groups in total. The Kier molecular flexibility index (Phi) is 9.13. The molecule has 0 saturated carbocycles. The van der Waals surface area contributed by atoms with Crippen molar-refractivity contribution in [2.45, 2.75) is 56.6 Å². The number of aromatic nitrogens is 3. The number of halogens is 3. The first-order valence-electron chi connectivity index (χ1n) is 11.9. The number of sulfone groups is 1. The van der Waals surface area contributed by atoms with Crippen LogP contribution < -0.4 is 10.1 Å². The molecule has 0 spiro atoms. The van der Waals surface area contributed by atoms with Crippen LogP contribution in [0.25, 0.3) is 0 Å². The van der Waals surface area contributed by atoms with Crippen LogP contribution in [0, 0.1) is 6.92 Å². The first-order chi connectivity index (χ1) is 18.2. The molecule has 3 aromatic rings. The van der Waals surface area contributed by atoms with Gasteiger partial charge in [-0.25, -0.2) is 18.4 Å². The van der Waals surface area contributed by atoms with E-state index in [1.807, 2.05) is 13.8 Å². The number of imidazole rings is 1. The molecule has 1 amide bonds. The van der Waals surface area contributed by atoms with Crippen LogP contribution in [0.4, 0.5) is 13.2 Å². The summed E-state index contributed by atoms with van der Waals surface area (Å²) in [7, 11) is -0.745. The Bertz CT molecular complexity index is 1450. The summed E-state index contributed by atoms with van der Waals surface area (Å²) in [6, 6.07) is 4.09. The number of carbonyl (C=O) groups is 1. The van der Waals surface area contributed by atoms with Gasteiger partial charge in [-0.1, -0.05) is 32.9 Å². The topological polar surface area (TPSA) is 112 Å². The third-order valence-corrected chi connectivity index (χ3v) is 9.39. The molecule has 1 aromatic carbocycles. The summed E-state index contributed by atoms with van der Waals surface area (Å²) in [5, 5.41) is 3.08. The van der Waals surface area contributed by atoms with Crippen LogP contribution in [-0.2, 0) is 39.3 Å². The van der Waals surface area contributed by atoms with Crippen molar-refractivity contribution in [3.63, 3.8) is 0 Å². The number of amides is 1. The van der Waals surface area contributed by atoms with Gasteiger partial charge in [0.2, 0.25) is 0 Å². The van der Waals surface area contributed by atoms with E-state index in [4.69, 9.17) is 9.47 Å². The van der Waals surface area contributed by atoms with Gasteiger partial charge in [0.25, 0.3) is 5.91 Å². The Hall–Kier alpha value is -2.97. The maximum Gasteiger partial charge on any atom is 0.420 e. The molecule has 0 unspecified atom stereocenters. The summed E-state index contributed by atoms with van der Waals surface area (Å²) in [5.74, 6) is -0.576. The van der Waals surface area contributed by atoms with Gasteiger partial charge in [-0.2, -0.15) is 13.2 Å². The normalized spacial score (nSPS) is 12.5. The van der Waals surface area contributed by atoms with Crippen molar-refractivity contribution in [2.24, 2.45) is 0 Å². The number of benzene rings is 1. The minimum absolute atomic E-state index is 0.0311. The number of hydrogen-bond acceptors (Lipinski definition) is 8. The van der Waals surface area contributed by atoms with E-state index in [0.717, 1.165) is 11.3 Å². The Balaban J connectivity index is 2.00. The van der Waals surface area contributed by atoms with Gasteiger partial charge >= 0.3 is 6.18 Å². The van der Waals surface area contributed by atoms with Crippen molar-refractivity contribution in [3.05, 3.63) is 57.7 Å². The number of methoxy groups -OCH3 is 2. The fourth-order valence-corrected chi connectivity index (χ4v) is 6.39. The van der Waals surface area contributed by atoms with Crippen LogP contribution in [-0.4, -0.2) is 55.4 Å². The number of rotatable bonds is 11. The molecule has 0 radical (unpaired) electrons. The van der Waals surface area contributed by atoms with Crippen LogP contribution in [0.15, 0.2) is 28.6 Å². The molecule has 2 aromatic heterocycles. The summed E-state index contributed by atoms with van der Waals surface area (Å²) in [6.07, 6.45) is -3.42. The highest BCUT2D eigenvalue weighted by molar-refractivity contribution is 7.93. The number of nitrogens with zero attached hydrogens (tertiary/aromatic N) is 3. The molecule has 39 heavy (non-hydrogen) atoms. The lowest BCUT2D eigenvalue weighted by Gasteiger charge is -2.25. The molecule has 0 saturated heterocycles. The Morgan fingerprint density at radius 1 is 1.21 bits per heavy atom. The molecule has 2 heterocycles. The highest BCUT2D eigenvalue weighted by Crippen LogP contribution is 2.39. The third-order valence-electron chi connectivity index (χ3n) is 6.11. The zero-order valence-corrected chi connectivity index (χ0v) is 24.1. The van der Waals surface area contributed by atoms with Gasteiger partial charge < -0.3 is 19.4 Å². The summed E-state index contributed by atoms with van der Waals surface area (Å²) < 4.78 is 78.2. The first-order valence-corrected chi connectivity index (χ1v) is 14.4. The minimum Gasteiger partial charge on any atom is -0.496 e. The molecular weight excluding hydrogens is 557 g/mol. The quantitative estimate of drug-likeness (QED) is 0.354. The number of carbonyl (C=O) groups excluding carboxylic acids is 1. The van der Waals surface area contributed by atoms with E-state index >= 15 is 0 Å². The lowest BCUT2D eigenvalue weighted by atomic mass is 9.93. The molecule has 0 fully saturated rings. The molecule has 0 aliphatic heterocycles. The van der Waals surface area contributed by atoms with Gasteiger partial charge in [0.1, 0.15) is 32.0 Å². The van der Waals surface area contributed by atoms with Crippen molar-refractivity contribution in [3.8, 4) is 5.75 Å². The van der Waals surface area contributed by atoms with E-state index in [0.29, 0.717) is 16.5 Å². The predicted octanol–water partition coefficient (Wildman–Crippen LogP) is 4.37. The molecule has 0 aliphatic rings. The van der Waals surface area contributed by atoms with Crippen LogP contribution >= 0.6 is 11.3 Å². The standard InChI is InChI=1S/C25H31F3N4O5S2/c1-7-39(34,35)19-12-29-18(38-19)11-30-22(33)21-15(2)32(23(31-21)24(3,4)14-36-5)13-16-9-8-10-17(37-6)20(16)25(26,27)28/h8-10,12H,7,11,13-14H2,1-6H3,(H,30,33). The lowest BCUT2D eigenvalue weighted by molar-refractivity contribution is -0.139. The maximum absolute atomic E-state index is 14.0. The highest BCUT2D eigenvalue weighted by Gasteiger charge is 2.38. The molecule has 0 bridgehead atoms. The van der Waals surface area contributed by atoms with Gasteiger partial charge in [0.15, 0.2) is 9.84 Å². The lowest BCUT2D eigenvalue weighted by Crippen LogP contribution is -2.29. The molecule has 214 valence electrons. The van der Waals surface area contributed by atoms with Gasteiger partial charge in [-0.15, -0.1) is 11.3 Å². The monoisotopic (exact) mass is 588 g/mol. The molecule has 14 heteroatoms. The molecule has 0 aliphatic carbocycles. The number of nitrogens with one attached hydrogen (secondary N) is 1. The van der Waals surface area contributed by atoms with Crippen molar-refractivity contribution in [1.29, 1.82) is 0 Å². The predicted molar refractivity (Wildman–Crippen MR) is 140 cm³/mol. The minimum atomic E-state index is -4.67. The maximum atomic E-state index is 14.0. The molecule has 0 atom stereocenters. The van der Waals surface area contributed by atoms with E-state index in [-0.39, 0.29) is 46.7 Å². The summed E-state index contributed by atoms with van der Waals surface area (Å²) in [5.41, 5.74) is -1.31. The number of ether oxygens (including phenoxy) is 2. The van der Waals surface area contributed by atoms with Crippen molar-refractivity contribution < 1.29 is 35.9 Å². The van der Waals surface area contributed by atoms with Crippen LogP contribution in [0.3, 0.4) is 0 Å². The Labute approximate surface area is 229 Å². The van der Waals surface area contributed by atoms with Gasteiger partial charge in [-0.05, 0) is 18.6 Å². The SMILES string of the molecule is CCS(=O)(=O)c1cnc(CNC(=O)c2nc(C(C)(C)COC)n(Cc3cccc(OC)c3C(F)(F)F)c2C)s1. The molecule has 9 nitrogen and oxygen atoms in total. The van der Waals surface area contributed by atoms with Crippen LogP contribution in [0.1, 0.15) is 58.9 Å². The van der Waals surface area contributed by atoms with Crippen LogP contribution in [0.5, 0.6) is 5.75 Å². The first kappa shape index (κ1) is 30.6. The summed E-state index contributed by atoms with van der Waals surface area (Å²) in [6.45, 7) is 6.71. The van der Waals surface area contributed by atoms with E-state index < -0.39 is 32.9 Å².